The molecule has 0 saturated carbocycles. The predicted molar refractivity (Wildman–Crippen MR) is 93.0 cm³/mol. The maximum atomic E-state index is 12.6. The van der Waals surface area contributed by atoms with Crippen molar-refractivity contribution in [1.29, 1.82) is 0 Å². The van der Waals surface area contributed by atoms with E-state index in [4.69, 9.17) is 5.73 Å². The molecule has 1 aromatic rings. The SMILES string of the molecule is CC(C)(C)N1C(=O)CCCC(N)C1c1ccc(Br)c(Br)c1. The largest absolute Gasteiger partial charge is 0.329 e. The van der Waals surface area contributed by atoms with Gasteiger partial charge in [0.15, 0.2) is 0 Å². The van der Waals surface area contributed by atoms with Crippen molar-refractivity contribution in [2.75, 3.05) is 0 Å². The number of hydrogen-bond acceptors (Lipinski definition) is 2. The minimum Gasteiger partial charge on any atom is -0.329 e. The van der Waals surface area contributed by atoms with Crippen LogP contribution in [0.2, 0.25) is 0 Å². The Morgan fingerprint density at radius 2 is 1.90 bits per heavy atom. The summed E-state index contributed by atoms with van der Waals surface area (Å²) in [5.41, 5.74) is 7.27. The first-order valence-electron chi connectivity index (χ1n) is 7.24. The van der Waals surface area contributed by atoms with E-state index < -0.39 is 0 Å². The van der Waals surface area contributed by atoms with Crippen molar-refractivity contribution in [3.63, 3.8) is 0 Å². The van der Waals surface area contributed by atoms with Crippen molar-refractivity contribution in [2.45, 2.75) is 57.7 Å². The van der Waals surface area contributed by atoms with E-state index in [0.717, 1.165) is 27.4 Å². The molecular formula is C16H22Br2N2O. The van der Waals surface area contributed by atoms with E-state index in [9.17, 15) is 4.79 Å². The average molecular weight is 418 g/mol. The van der Waals surface area contributed by atoms with Crippen molar-refractivity contribution >= 4 is 37.8 Å². The van der Waals surface area contributed by atoms with Gasteiger partial charge in [-0.15, -0.1) is 0 Å². The fourth-order valence-electron chi connectivity index (χ4n) is 3.00. The molecule has 0 aromatic heterocycles. The van der Waals surface area contributed by atoms with Crippen LogP contribution in [0.15, 0.2) is 27.1 Å². The topological polar surface area (TPSA) is 46.3 Å². The molecule has 1 aromatic carbocycles. The lowest BCUT2D eigenvalue weighted by molar-refractivity contribution is -0.139. The van der Waals surface area contributed by atoms with Crippen LogP contribution in [-0.2, 0) is 4.79 Å². The molecule has 0 spiro atoms. The lowest BCUT2D eigenvalue weighted by Crippen LogP contribution is -2.51. The Labute approximate surface area is 143 Å². The number of carbonyl (C=O) groups is 1. The third-order valence-electron chi connectivity index (χ3n) is 3.89. The highest BCUT2D eigenvalue weighted by Crippen LogP contribution is 2.37. The third kappa shape index (κ3) is 3.69. The van der Waals surface area contributed by atoms with E-state index in [1.54, 1.807) is 0 Å². The first-order valence-corrected chi connectivity index (χ1v) is 8.83. The van der Waals surface area contributed by atoms with Crippen LogP contribution in [0.25, 0.3) is 0 Å². The van der Waals surface area contributed by atoms with Gasteiger partial charge in [-0.3, -0.25) is 4.79 Å². The number of nitrogens with zero attached hydrogens (tertiary/aromatic N) is 1. The van der Waals surface area contributed by atoms with Crippen molar-refractivity contribution < 1.29 is 4.79 Å². The Morgan fingerprint density at radius 3 is 2.48 bits per heavy atom. The van der Waals surface area contributed by atoms with Crippen LogP contribution in [-0.4, -0.2) is 22.4 Å². The van der Waals surface area contributed by atoms with Gasteiger partial charge in [0.2, 0.25) is 5.91 Å². The predicted octanol–water partition coefficient (Wildman–Crippen LogP) is 4.39. The number of likely N-dealkylation sites (tertiary alicyclic amines) is 1. The van der Waals surface area contributed by atoms with Crippen LogP contribution in [0, 0.1) is 0 Å². The van der Waals surface area contributed by atoms with Crippen molar-refractivity contribution in [3.05, 3.63) is 32.7 Å². The molecule has 5 heteroatoms. The molecule has 2 rings (SSSR count). The lowest BCUT2D eigenvalue weighted by Gasteiger charge is -2.43. The minimum atomic E-state index is -0.247. The summed E-state index contributed by atoms with van der Waals surface area (Å²) in [5.74, 6) is 0.194. The monoisotopic (exact) mass is 416 g/mol. The maximum absolute atomic E-state index is 12.6. The standard InChI is InChI=1S/C16H22Br2N2O/c1-16(2,3)20-14(21)6-4-5-13(19)15(20)10-7-8-11(17)12(18)9-10/h7-9,13,15H,4-6,19H2,1-3H3. The number of nitrogens with two attached hydrogens (primary N) is 1. The van der Waals surface area contributed by atoms with Crippen molar-refractivity contribution in [3.8, 4) is 0 Å². The molecule has 1 aliphatic rings. The van der Waals surface area contributed by atoms with Crippen LogP contribution in [0.4, 0.5) is 0 Å². The summed E-state index contributed by atoms with van der Waals surface area (Å²) in [6.07, 6.45) is 2.32. The van der Waals surface area contributed by atoms with Gasteiger partial charge >= 0.3 is 0 Å². The van der Waals surface area contributed by atoms with Crippen LogP contribution < -0.4 is 5.73 Å². The van der Waals surface area contributed by atoms with Crippen LogP contribution in [0.3, 0.4) is 0 Å². The molecule has 116 valence electrons. The molecule has 21 heavy (non-hydrogen) atoms. The summed E-state index contributed by atoms with van der Waals surface area (Å²) in [4.78, 5) is 14.6. The molecule has 0 bridgehead atoms. The fourth-order valence-corrected chi connectivity index (χ4v) is 3.64. The highest BCUT2D eigenvalue weighted by molar-refractivity contribution is 9.13. The summed E-state index contributed by atoms with van der Waals surface area (Å²) in [5, 5.41) is 0. The second-order valence-electron chi connectivity index (χ2n) is 6.61. The number of amides is 1. The van der Waals surface area contributed by atoms with Gasteiger partial charge in [0.1, 0.15) is 0 Å². The summed E-state index contributed by atoms with van der Waals surface area (Å²) in [7, 11) is 0. The van der Waals surface area contributed by atoms with Gasteiger partial charge in [-0.2, -0.15) is 0 Å². The number of benzene rings is 1. The van der Waals surface area contributed by atoms with Gasteiger partial charge in [0.25, 0.3) is 0 Å². The minimum absolute atomic E-state index is 0.0382. The molecule has 2 unspecified atom stereocenters. The van der Waals surface area contributed by atoms with E-state index in [1.807, 2.05) is 11.0 Å². The maximum Gasteiger partial charge on any atom is 0.223 e. The first kappa shape index (κ1) is 17.0. The molecule has 0 radical (unpaired) electrons. The van der Waals surface area contributed by atoms with Crippen LogP contribution >= 0.6 is 31.9 Å². The molecule has 0 aliphatic carbocycles. The molecular weight excluding hydrogens is 396 g/mol. The van der Waals surface area contributed by atoms with Crippen molar-refractivity contribution in [2.24, 2.45) is 5.73 Å². The molecule has 3 nitrogen and oxygen atoms in total. The van der Waals surface area contributed by atoms with E-state index in [2.05, 4.69) is 64.8 Å². The molecule has 1 saturated heterocycles. The highest BCUT2D eigenvalue weighted by Gasteiger charge is 2.39. The quantitative estimate of drug-likeness (QED) is 0.736. The Bertz CT molecular complexity index is 540. The van der Waals surface area contributed by atoms with E-state index in [1.165, 1.54) is 0 Å². The molecule has 1 fully saturated rings. The molecule has 2 atom stereocenters. The smallest absolute Gasteiger partial charge is 0.223 e. The molecule has 1 aliphatic heterocycles. The van der Waals surface area contributed by atoms with Crippen LogP contribution in [0.1, 0.15) is 51.6 Å². The summed E-state index contributed by atoms with van der Waals surface area (Å²) in [6.45, 7) is 6.22. The normalized spacial score (nSPS) is 24.1. The number of halogens is 2. The van der Waals surface area contributed by atoms with Crippen LogP contribution in [0.5, 0.6) is 0 Å². The second-order valence-corrected chi connectivity index (χ2v) is 8.32. The van der Waals surface area contributed by atoms with Gasteiger partial charge < -0.3 is 10.6 Å². The summed E-state index contributed by atoms with van der Waals surface area (Å²) in [6, 6.07) is 6.00. The Morgan fingerprint density at radius 1 is 1.24 bits per heavy atom. The van der Waals surface area contributed by atoms with Gasteiger partial charge in [0.05, 0.1) is 6.04 Å². The first-order chi connectivity index (χ1) is 9.71. The second kappa shape index (κ2) is 6.39. The molecule has 1 amide bonds. The summed E-state index contributed by atoms with van der Waals surface area (Å²) >= 11 is 7.04. The van der Waals surface area contributed by atoms with Gasteiger partial charge in [-0.1, -0.05) is 6.07 Å². The van der Waals surface area contributed by atoms with Gasteiger partial charge in [-0.25, -0.2) is 0 Å². The van der Waals surface area contributed by atoms with E-state index in [0.29, 0.717) is 6.42 Å². The zero-order valence-electron chi connectivity index (χ0n) is 12.7. The van der Waals surface area contributed by atoms with Crippen molar-refractivity contribution in [1.82, 2.24) is 4.90 Å². The highest BCUT2D eigenvalue weighted by atomic mass is 79.9. The third-order valence-corrected chi connectivity index (χ3v) is 5.77. The number of hydrogen-bond donors (Lipinski definition) is 1. The number of rotatable bonds is 1. The zero-order valence-corrected chi connectivity index (χ0v) is 15.9. The number of carbonyl (C=O) groups excluding carboxylic acids is 1. The zero-order chi connectivity index (χ0) is 15.8. The van der Waals surface area contributed by atoms with E-state index >= 15 is 0 Å². The lowest BCUT2D eigenvalue weighted by atomic mass is 9.92. The average Bonchev–Trinajstić information content (AvgIpc) is 2.51. The fraction of sp³-hybridized carbons (Fsp3) is 0.562. The van der Waals surface area contributed by atoms with E-state index in [-0.39, 0.29) is 23.5 Å². The molecule has 1 heterocycles. The Balaban J connectivity index is 2.51. The van der Waals surface area contributed by atoms with Gasteiger partial charge in [-0.05, 0) is 83.2 Å². The van der Waals surface area contributed by atoms with Gasteiger partial charge in [0, 0.05) is 26.9 Å². The molecule has 2 N–H and O–H groups in total. The Hall–Kier alpha value is -0.390. The summed E-state index contributed by atoms with van der Waals surface area (Å²) < 4.78 is 1.99. The Kier molecular flexibility index (Phi) is 5.16.